The van der Waals surface area contributed by atoms with Gasteiger partial charge in [-0.3, -0.25) is 14.4 Å². The number of benzene rings is 1. The minimum absolute atomic E-state index is 0.107. The molecule has 0 saturated heterocycles. The standard InChI is InChI=1S/C15H13N5O4S/c1-24-13(22)7-9-6-12(21)17-15(16-9)25-8-20-14(23)10-4-2-3-5-11(10)18-19-20/h2-6H,7-8H2,1H3,(H,16,17,21). The molecule has 0 fully saturated rings. The zero-order chi connectivity index (χ0) is 17.8. The zero-order valence-electron chi connectivity index (χ0n) is 13.1. The smallest absolute Gasteiger partial charge is 0.311 e. The number of H-pyrrole nitrogens is 1. The van der Waals surface area contributed by atoms with Gasteiger partial charge in [0.1, 0.15) is 5.52 Å². The Bertz CT molecular complexity index is 1050. The van der Waals surface area contributed by atoms with Crippen LogP contribution < -0.4 is 11.1 Å². The summed E-state index contributed by atoms with van der Waals surface area (Å²) in [7, 11) is 1.26. The molecule has 1 aromatic carbocycles. The third-order valence-electron chi connectivity index (χ3n) is 3.28. The molecule has 0 unspecified atom stereocenters. The van der Waals surface area contributed by atoms with Crippen molar-refractivity contribution in [1.29, 1.82) is 0 Å². The van der Waals surface area contributed by atoms with Gasteiger partial charge in [0.2, 0.25) is 0 Å². The monoisotopic (exact) mass is 359 g/mol. The number of thioether (sulfide) groups is 1. The van der Waals surface area contributed by atoms with E-state index in [0.29, 0.717) is 10.9 Å². The van der Waals surface area contributed by atoms with E-state index in [1.54, 1.807) is 24.3 Å². The van der Waals surface area contributed by atoms with Gasteiger partial charge in [0.25, 0.3) is 11.1 Å². The van der Waals surface area contributed by atoms with Crippen LogP contribution in [0.2, 0.25) is 0 Å². The number of esters is 1. The predicted molar refractivity (Wildman–Crippen MR) is 90.2 cm³/mol. The van der Waals surface area contributed by atoms with Crippen molar-refractivity contribution < 1.29 is 9.53 Å². The molecule has 0 aliphatic heterocycles. The Labute approximate surface area is 145 Å². The molecule has 3 rings (SSSR count). The summed E-state index contributed by atoms with van der Waals surface area (Å²) >= 11 is 1.10. The third-order valence-corrected chi connectivity index (χ3v) is 4.12. The van der Waals surface area contributed by atoms with Gasteiger partial charge in [-0.25, -0.2) is 4.98 Å². The van der Waals surface area contributed by atoms with E-state index < -0.39 is 11.5 Å². The maximum absolute atomic E-state index is 12.4. The number of nitrogens with zero attached hydrogens (tertiary/aromatic N) is 4. The second-order valence-corrected chi connectivity index (χ2v) is 5.91. The quantitative estimate of drug-likeness (QED) is 0.393. The summed E-state index contributed by atoms with van der Waals surface area (Å²) in [5.41, 5.74) is 0.120. The summed E-state index contributed by atoms with van der Waals surface area (Å²) in [5, 5.41) is 8.58. The number of nitrogens with one attached hydrogen (secondary N) is 1. The molecule has 3 aromatic rings. The number of methoxy groups -OCH3 is 1. The molecule has 2 aromatic heterocycles. The van der Waals surface area contributed by atoms with Crippen molar-refractivity contribution in [2.75, 3.05) is 7.11 Å². The van der Waals surface area contributed by atoms with Crippen molar-refractivity contribution in [3.8, 4) is 0 Å². The summed E-state index contributed by atoms with van der Waals surface area (Å²) in [5.74, 6) is -0.382. The first-order valence-corrected chi connectivity index (χ1v) is 8.18. The summed E-state index contributed by atoms with van der Waals surface area (Å²) in [4.78, 5) is 42.1. The average Bonchev–Trinajstić information content (AvgIpc) is 2.61. The predicted octanol–water partition coefficient (Wildman–Crippen LogP) is 0.340. The Morgan fingerprint density at radius 3 is 2.92 bits per heavy atom. The van der Waals surface area contributed by atoms with E-state index in [-0.39, 0.29) is 28.7 Å². The van der Waals surface area contributed by atoms with Crippen LogP contribution in [0.15, 0.2) is 45.1 Å². The molecule has 128 valence electrons. The molecule has 10 heteroatoms. The van der Waals surface area contributed by atoms with E-state index in [2.05, 4.69) is 25.0 Å². The van der Waals surface area contributed by atoms with E-state index in [1.807, 2.05) is 0 Å². The van der Waals surface area contributed by atoms with Gasteiger partial charge in [-0.05, 0) is 12.1 Å². The molecule has 0 spiro atoms. The van der Waals surface area contributed by atoms with Gasteiger partial charge in [0.05, 0.1) is 30.5 Å². The lowest BCUT2D eigenvalue weighted by molar-refractivity contribution is -0.139. The number of ether oxygens (including phenoxy) is 1. The average molecular weight is 359 g/mol. The van der Waals surface area contributed by atoms with E-state index in [1.165, 1.54) is 17.9 Å². The highest BCUT2D eigenvalue weighted by molar-refractivity contribution is 7.98. The fourth-order valence-electron chi connectivity index (χ4n) is 2.09. The van der Waals surface area contributed by atoms with Gasteiger partial charge < -0.3 is 9.72 Å². The first-order valence-electron chi connectivity index (χ1n) is 7.19. The second kappa shape index (κ2) is 7.26. The highest BCUT2D eigenvalue weighted by atomic mass is 32.2. The van der Waals surface area contributed by atoms with Crippen molar-refractivity contribution >= 4 is 28.6 Å². The Balaban J connectivity index is 1.82. The van der Waals surface area contributed by atoms with E-state index in [4.69, 9.17) is 0 Å². The number of carbonyl (C=O) groups is 1. The molecule has 0 atom stereocenters. The van der Waals surface area contributed by atoms with E-state index in [9.17, 15) is 14.4 Å². The minimum Gasteiger partial charge on any atom is -0.469 e. The van der Waals surface area contributed by atoms with Crippen LogP contribution in [-0.2, 0) is 21.8 Å². The molecule has 0 aliphatic rings. The first-order chi connectivity index (χ1) is 12.1. The van der Waals surface area contributed by atoms with Crippen LogP contribution in [0.1, 0.15) is 5.69 Å². The van der Waals surface area contributed by atoms with Gasteiger partial charge in [-0.2, -0.15) is 4.68 Å². The van der Waals surface area contributed by atoms with Gasteiger partial charge >= 0.3 is 5.97 Å². The van der Waals surface area contributed by atoms with Gasteiger partial charge in [-0.1, -0.05) is 29.1 Å². The molecule has 1 N–H and O–H groups in total. The summed E-state index contributed by atoms with van der Waals surface area (Å²) in [6, 6.07) is 8.12. The lowest BCUT2D eigenvalue weighted by atomic mass is 10.2. The van der Waals surface area contributed by atoms with Gasteiger partial charge in [0, 0.05) is 6.07 Å². The second-order valence-electron chi connectivity index (χ2n) is 4.98. The number of aromatic amines is 1. The zero-order valence-corrected chi connectivity index (χ0v) is 13.9. The van der Waals surface area contributed by atoms with Gasteiger partial charge in [-0.15, -0.1) is 5.10 Å². The van der Waals surface area contributed by atoms with Crippen LogP contribution in [0.25, 0.3) is 10.9 Å². The number of aromatic nitrogens is 5. The van der Waals surface area contributed by atoms with Crippen LogP contribution in [0.4, 0.5) is 0 Å². The lowest BCUT2D eigenvalue weighted by Crippen LogP contribution is -2.23. The fraction of sp³-hybridized carbons (Fsp3) is 0.200. The van der Waals surface area contributed by atoms with Crippen LogP contribution in [0, 0.1) is 0 Å². The molecule has 0 radical (unpaired) electrons. The molecule has 0 saturated carbocycles. The molecule has 0 bridgehead atoms. The summed E-state index contributed by atoms with van der Waals surface area (Å²) < 4.78 is 5.74. The summed E-state index contributed by atoms with van der Waals surface area (Å²) in [6.07, 6.45) is -0.107. The van der Waals surface area contributed by atoms with Crippen LogP contribution in [-0.4, -0.2) is 38.0 Å². The van der Waals surface area contributed by atoms with Crippen molar-refractivity contribution in [3.05, 3.63) is 56.7 Å². The highest BCUT2D eigenvalue weighted by Gasteiger charge is 2.09. The molecule has 0 aliphatic carbocycles. The van der Waals surface area contributed by atoms with Crippen LogP contribution >= 0.6 is 11.8 Å². The number of rotatable bonds is 5. The third kappa shape index (κ3) is 3.91. The van der Waals surface area contributed by atoms with Crippen molar-refractivity contribution in [1.82, 2.24) is 25.0 Å². The number of hydrogen-bond donors (Lipinski definition) is 1. The first kappa shape index (κ1) is 16.8. The van der Waals surface area contributed by atoms with Crippen molar-refractivity contribution in [3.63, 3.8) is 0 Å². The molecule has 9 nitrogen and oxygen atoms in total. The molecular weight excluding hydrogens is 346 g/mol. The van der Waals surface area contributed by atoms with E-state index in [0.717, 1.165) is 11.8 Å². The Kier molecular flexibility index (Phi) is 4.89. The molecular formula is C15H13N5O4S. The fourth-order valence-corrected chi connectivity index (χ4v) is 2.86. The SMILES string of the molecule is COC(=O)Cc1cc(=O)[nH]c(SCn2nnc3ccccc3c2=O)n1. The van der Waals surface area contributed by atoms with E-state index >= 15 is 0 Å². The molecule has 0 amide bonds. The molecule has 25 heavy (non-hydrogen) atoms. The topological polar surface area (TPSA) is 120 Å². The maximum atomic E-state index is 12.4. The minimum atomic E-state index is -0.495. The van der Waals surface area contributed by atoms with Gasteiger partial charge in [0.15, 0.2) is 5.16 Å². The number of carbonyl (C=O) groups excluding carboxylic acids is 1. The number of fused-ring (bicyclic) bond motifs is 1. The Morgan fingerprint density at radius 2 is 2.12 bits per heavy atom. The Morgan fingerprint density at radius 1 is 1.32 bits per heavy atom. The van der Waals surface area contributed by atoms with Crippen molar-refractivity contribution in [2.24, 2.45) is 0 Å². The van der Waals surface area contributed by atoms with Crippen LogP contribution in [0.5, 0.6) is 0 Å². The summed E-state index contributed by atoms with van der Waals surface area (Å²) in [6.45, 7) is 0. The van der Waals surface area contributed by atoms with Crippen molar-refractivity contribution in [2.45, 2.75) is 17.5 Å². The maximum Gasteiger partial charge on any atom is 0.311 e. The lowest BCUT2D eigenvalue weighted by Gasteiger charge is -2.05. The largest absolute Gasteiger partial charge is 0.469 e. The highest BCUT2D eigenvalue weighted by Crippen LogP contribution is 2.13. The molecule has 2 heterocycles. The normalized spacial score (nSPS) is 10.8. The number of hydrogen-bond acceptors (Lipinski definition) is 8. The Hall–Kier alpha value is -3.01. The van der Waals surface area contributed by atoms with Crippen LogP contribution in [0.3, 0.4) is 0 Å².